The zero-order valence-electron chi connectivity index (χ0n) is 10.1. The van der Waals surface area contributed by atoms with Gasteiger partial charge >= 0.3 is 0 Å². The van der Waals surface area contributed by atoms with Gasteiger partial charge in [-0.25, -0.2) is 0 Å². The van der Waals surface area contributed by atoms with Gasteiger partial charge in [-0.2, -0.15) is 0 Å². The molecule has 1 heteroatoms. The molecule has 0 saturated carbocycles. The molecule has 3 rings (SSSR count). The summed E-state index contributed by atoms with van der Waals surface area (Å²) in [5.74, 6) is 0. The first-order valence-electron chi connectivity index (χ1n) is 6.28. The largest absolute Gasteiger partial charge is 0.135 e. The lowest BCUT2D eigenvalue weighted by atomic mass is 10.1. The second-order valence-electron chi connectivity index (χ2n) is 4.53. The summed E-state index contributed by atoms with van der Waals surface area (Å²) >= 11 is 1.91. The Morgan fingerprint density at radius 3 is 2.65 bits per heavy atom. The van der Waals surface area contributed by atoms with E-state index in [1.165, 1.54) is 45.0 Å². The van der Waals surface area contributed by atoms with E-state index in [-0.39, 0.29) is 0 Å². The maximum Gasteiger partial charge on any atom is 0.0358 e. The Balaban J connectivity index is 2.13. The molecule has 3 aromatic rings. The van der Waals surface area contributed by atoms with Crippen LogP contribution in [0.4, 0.5) is 0 Å². The van der Waals surface area contributed by atoms with Gasteiger partial charge in [0.1, 0.15) is 0 Å². The van der Waals surface area contributed by atoms with Crippen molar-refractivity contribution < 1.29 is 0 Å². The minimum absolute atomic E-state index is 1.21. The summed E-state index contributed by atoms with van der Waals surface area (Å²) in [4.78, 5) is 0. The maximum atomic E-state index is 2.37. The van der Waals surface area contributed by atoms with Gasteiger partial charge in [-0.1, -0.05) is 43.7 Å². The first-order valence-corrected chi connectivity index (χ1v) is 7.10. The number of fused-ring (bicyclic) bond motifs is 3. The molecule has 0 amide bonds. The number of hydrogen-bond donors (Lipinski definition) is 0. The van der Waals surface area contributed by atoms with Crippen LogP contribution in [0.2, 0.25) is 0 Å². The molecule has 0 atom stereocenters. The van der Waals surface area contributed by atoms with E-state index in [0.29, 0.717) is 0 Å². The van der Waals surface area contributed by atoms with Crippen molar-refractivity contribution in [2.75, 3.05) is 0 Å². The van der Waals surface area contributed by atoms with Crippen LogP contribution >= 0.6 is 11.3 Å². The number of benzene rings is 2. The van der Waals surface area contributed by atoms with E-state index in [0.717, 1.165) is 0 Å². The van der Waals surface area contributed by atoms with Crippen LogP contribution in [-0.4, -0.2) is 0 Å². The second-order valence-corrected chi connectivity index (χ2v) is 5.62. The van der Waals surface area contributed by atoms with Gasteiger partial charge < -0.3 is 0 Å². The van der Waals surface area contributed by atoms with E-state index in [2.05, 4.69) is 49.4 Å². The summed E-state index contributed by atoms with van der Waals surface area (Å²) in [5.41, 5.74) is 1.48. The van der Waals surface area contributed by atoms with E-state index in [4.69, 9.17) is 0 Å². The lowest BCUT2D eigenvalue weighted by molar-refractivity contribution is 0.796. The zero-order valence-corrected chi connectivity index (χ0v) is 10.9. The zero-order chi connectivity index (χ0) is 11.7. The lowest BCUT2D eigenvalue weighted by Crippen LogP contribution is -1.82. The molecule has 0 unspecified atom stereocenters. The second kappa shape index (κ2) is 4.50. The van der Waals surface area contributed by atoms with Gasteiger partial charge in [0.25, 0.3) is 0 Å². The summed E-state index contributed by atoms with van der Waals surface area (Å²) in [7, 11) is 0. The van der Waals surface area contributed by atoms with Crippen LogP contribution in [0.1, 0.15) is 25.3 Å². The molecule has 1 aromatic heterocycles. The Labute approximate surface area is 106 Å². The predicted molar refractivity (Wildman–Crippen MR) is 77.9 cm³/mol. The molecule has 0 aliphatic heterocycles. The number of aryl methyl sites for hydroxylation is 1. The van der Waals surface area contributed by atoms with E-state index >= 15 is 0 Å². The fourth-order valence-corrected chi connectivity index (χ4v) is 3.48. The highest BCUT2D eigenvalue weighted by atomic mass is 32.1. The Morgan fingerprint density at radius 1 is 0.941 bits per heavy atom. The minimum Gasteiger partial charge on any atom is -0.135 e. The quantitative estimate of drug-likeness (QED) is 0.575. The molecule has 0 fully saturated rings. The first-order chi connectivity index (χ1) is 8.38. The van der Waals surface area contributed by atoms with Gasteiger partial charge in [0.2, 0.25) is 0 Å². The van der Waals surface area contributed by atoms with Crippen molar-refractivity contribution in [1.82, 2.24) is 0 Å². The van der Waals surface area contributed by atoms with Crippen molar-refractivity contribution in [3.63, 3.8) is 0 Å². The van der Waals surface area contributed by atoms with Gasteiger partial charge in [0.05, 0.1) is 0 Å². The fraction of sp³-hybridized carbons (Fsp3) is 0.250. The Kier molecular flexibility index (Phi) is 2.86. The molecule has 0 radical (unpaired) electrons. The normalized spacial score (nSPS) is 11.4. The van der Waals surface area contributed by atoms with Gasteiger partial charge in [0, 0.05) is 20.2 Å². The van der Waals surface area contributed by atoms with E-state index in [1.54, 1.807) is 0 Å². The minimum atomic E-state index is 1.21. The number of hydrogen-bond acceptors (Lipinski definition) is 1. The topological polar surface area (TPSA) is 0 Å². The van der Waals surface area contributed by atoms with Crippen molar-refractivity contribution >= 4 is 31.5 Å². The first kappa shape index (κ1) is 10.8. The fourth-order valence-electron chi connectivity index (χ4n) is 2.31. The standard InChI is InChI=1S/C16H16S/c1-2-3-6-12-9-10-14-13-7-4-5-8-15(13)17-16(14)11-12/h4-5,7-11H,2-3,6H2,1H3. The predicted octanol–water partition coefficient (Wildman–Crippen LogP) is 5.40. The molecule has 86 valence electrons. The summed E-state index contributed by atoms with van der Waals surface area (Å²) in [6.07, 6.45) is 3.77. The molecule has 0 aliphatic rings. The van der Waals surface area contributed by atoms with Crippen LogP contribution in [0.5, 0.6) is 0 Å². The van der Waals surface area contributed by atoms with Gasteiger partial charge in [-0.05, 0) is 30.5 Å². The molecule has 0 nitrogen and oxygen atoms in total. The molecule has 0 saturated heterocycles. The molecule has 1 heterocycles. The van der Waals surface area contributed by atoms with Gasteiger partial charge in [0.15, 0.2) is 0 Å². The monoisotopic (exact) mass is 240 g/mol. The Hall–Kier alpha value is -1.34. The van der Waals surface area contributed by atoms with Crippen LogP contribution in [0.3, 0.4) is 0 Å². The summed E-state index contributed by atoms with van der Waals surface area (Å²) in [6, 6.07) is 15.6. The van der Waals surface area contributed by atoms with E-state index in [9.17, 15) is 0 Å². The third-order valence-electron chi connectivity index (χ3n) is 3.26. The number of rotatable bonds is 3. The van der Waals surface area contributed by atoms with Crippen molar-refractivity contribution in [1.29, 1.82) is 0 Å². The molecule has 0 N–H and O–H groups in total. The van der Waals surface area contributed by atoms with Crippen LogP contribution in [0, 0.1) is 0 Å². The van der Waals surface area contributed by atoms with Crippen LogP contribution < -0.4 is 0 Å². The Morgan fingerprint density at radius 2 is 1.76 bits per heavy atom. The smallest absolute Gasteiger partial charge is 0.0358 e. The van der Waals surface area contributed by atoms with Gasteiger partial charge in [-0.15, -0.1) is 11.3 Å². The average Bonchev–Trinajstić information content (AvgIpc) is 2.74. The molecule has 0 bridgehead atoms. The van der Waals surface area contributed by atoms with Crippen molar-refractivity contribution in [3.05, 3.63) is 48.0 Å². The maximum absolute atomic E-state index is 2.37. The lowest BCUT2D eigenvalue weighted by Gasteiger charge is -1.99. The number of unbranched alkanes of at least 4 members (excludes halogenated alkanes) is 1. The third-order valence-corrected chi connectivity index (χ3v) is 4.40. The molecule has 17 heavy (non-hydrogen) atoms. The highest BCUT2D eigenvalue weighted by Crippen LogP contribution is 2.34. The van der Waals surface area contributed by atoms with Crippen molar-refractivity contribution in [2.45, 2.75) is 26.2 Å². The molecular weight excluding hydrogens is 224 g/mol. The van der Waals surface area contributed by atoms with Crippen molar-refractivity contribution in [3.8, 4) is 0 Å². The van der Waals surface area contributed by atoms with Crippen molar-refractivity contribution in [2.24, 2.45) is 0 Å². The molecular formula is C16H16S. The third kappa shape index (κ3) is 1.96. The van der Waals surface area contributed by atoms with E-state index in [1.807, 2.05) is 11.3 Å². The average molecular weight is 240 g/mol. The Bertz CT molecular complexity index is 649. The molecule has 0 aliphatic carbocycles. The van der Waals surface area contributed by atoms with Crippen LogP contribution in [0.25, 0.3) is 20.2 Å². The van der Waals surface area contributed by atoms with Crippen LogP contribution in [-0.2, 0) is 6.42 Å². The highest BCUT2D eigenvalue weighted by Gasteiger charge is 2.04. The number of thiophene rings is 1. The van der Waals surface area contributed by atoms with E-state index < -0.39 is 0 Å². The van der Waals surface area contributed by atoms with Gasteiger partial charge in [-0.3, -0.25) is 0 Å². The molecule has 0 spiro atoms. The van der Waals surface area contributed by atoms with Crippen LogP contribution in [0.15, 0.2) is 42.5 Å². The SMILES string of the molecule is CCCCc1ccc2c(c1)sc1ccccc12. The summed E-state index contributed by atoms with van der Waals surface area (Å²) in [5, 5.41) is 2.81. The summed E-state index contributed by atoms with van der Waals surface area (Å²) in [6.45, 7) is 2.25. The highest BCUT2D eigenvalue weighted by molar-refractivity contribution is 7.25. The summed E-state index contributed by atoms with van der Waals surface area (Å²) < 4.78 is 2.83. The molecule has 2 aromatic carbocycles.